The van der Waals surface area contributed by atoms with E-state index < -0.39 is 5.97 Å². The first-order valence-corrected chi connectivity index (χ1v) is 6.74. The quantitative estimate of drug-likeness (QED) is 0.771. The van der Waals surface area contributed by atoms with E-state index >= 15 is 0 Å². The van der Waals surface area contributed by atoms with Gasteiger partial charge >= 0.3 is 11.7 Å². The fourth-order valence-corrected chi connectivity index (χ4v) is 2.41. The van der Waals surface area contributed by atoms with Gasteiger partial charge in [-0.3, -0.25) is 9.36 Å². The fourth-order valence-electron chi connectivity index (χ4n) is 1.67. The molecule has 0 aliphatic rings. The van der Waals surface area contributed by atoms with Gasteiger partial charge < -0.3 is 9.30 Å². The van der Waals surface area contributed by atoms with Crippen LogP contribution in [0.5, 0.6) is 0 Å². The molecule has 0 amide bonds. The summed E-state index contributed by atoms with van der Waals surface area (Å²) in [7, 11) is 4.28. The van der Waals surface area contributed by atoms with E-state index in [1.54, 1.807) is 19.2 Å². The topological polar surface area (TPSA) is 83.2 Å². The van der Waals surface area contributed by atoms with Gasteiger partial charge in [0.2, 0.25) is 0 Å². The first-order chi connectivity index (χ1) is 9.93. The highest BCUT2D eigenvalue weighted by molar-refractivity contribution is 7.14. The number of nitrogens with zero attached hydrogens (tertiary/aromatic N) is 3. The lowest BCUT2D eigenvalue weighted by Crippen LogP contribution is -2.37. The van der Waals surface area contributed by atoms with Crippen LogP contribution in [0.3, 0.4) is 0 Å². The summed E-state index contributed by atoms with van der Waals surface area (Å²) in [5, 5.41) is 0.561. The van der Waals surface area contributed by atoms with Crippen molar-refractivity contribution in [2.45, 2.75) is 0 Å². The largest absolute Gasteiger partial charge is 0.465 e. The minimum Gasteiger partial charge on any atom is -0.465 e. The van der Waals surface area contributed by atoms with Gasteiger partial charge in [0.15, 0.2) is 0 Å². The predicted octanol–water partition coefficient (Wildman–Crippen LogP) is 0.497. The highest BCUT2D eigenvalue weighted by atomic mass is 32.1. The first-order valence-electron chi connectivity index (χ1n) is 5.93. The van der Waals surface area contributed by atoms with Gasteiger partial charge in [-0.15, -0.1) is 11.3 Å². The van der Waals surface area contributed by atoms with Crippen LogP contribution in [0.1, 0.15) is 20.2 Å². The molecule has 2 aromatic heterocycles. The van der Waals surface area contributed by atoms with Gasteiger partial charge in [-0.05, 0) is 12.2 Å². The molecule has 0 unspecified atom stereocenters. The Balaban J connectivity index is 2.34. The molecule has 110 valence electrons. The van der Waals surface area contributed by atoms with Gasteiger partial charge in [-0.25, -0.2) is 14.6 Å². The van der Waals surface area contributed by atoms with E-state index in [1.165, 1.54) is 31.1 Å². The third kappa shape index (κ3) is 3.00. The van der Waals surface area contributed by atoms with Crippen LogP contribution in [0.2, 0.25) is 0 Å². The van der Waals surface area contributed by atoms with Crippen LogP contribution in [0.25, 0.3) is 12.2 Å². The SMILES string of the molecule is COC(=O)c1cnc(/C=C\c2cn(C)c(=O)n(C)c2=O)s1. The third-order valence-corrected chi connectivity index (χ3v) is 3.73. The molecule has 0 aromatic carbocycles. The number of methoxy groups -OCH3 is 1. The zero-order valence-electron chi connectivity index (χ0n) is 11.7. The summed E-state index contributed by atoms with van der Waals surface area (Å²) in [6.45, 7) is 0. The molecule has 2 rings (SSSR count). The first kappa shape index (κ1) is 14.9. The van der Waals surface area contributed by atoms with Crippen LogP contribution in [0.15, 0.2) is 22.0 Å². The van der Waals surface area contributed by atoms with E-state index in [0.29, 0.717) is 15.4 Å². The number of carbonyl (C=O) groups is 1. The molecule has 0 atom stereocenters. The molecule has 0 bridgehead atoms. The molecule has 0 N–H and O–H groups in total. The maximum absolute atomic E-state index is 11.9. The van der Waals surface area contributed by atoms with E-state index in [9.17, 15) is 14.4 Å². The molecular formula is C13H13N3O4S. The Morgan fingerprint density at radius 1 is 1.33 bits per heavy atom. The van der Waals surface area contributed by atoms with Crippen molar-refractivity contribution in [3.8, 4) is 0 Å². The summed E-state index contributed by atoms with van der Waals surface area (Å²) < 4.78 is 6.94. The molecule has 0 spiro atoms. The van der Waals surface area contributed by atoms with E-state index in [4.69, 9.17) is 0 Å². The van der Waals surface area contributed by atoms with E-state index in [2.05, 4.69) is 9.72 Å². The monoisotopic (exact) mass is 307 g/mol. The number of thiazole rings is 1. The van der Waals surface area contributed by atoms with Crippen molar-refractivity contribution in [3.63, 3.8) is 0 Å². The summed E-state index contributed by atoms with van der Waals surface area (Å²) in [6.07, 6.45) is 6.03. The van der Waals surface area contributed by atoms with Gasteiger partial charge in [0.1, 0.15) is 9.88 Å². The second kappa shape index (κ2) is 5.88. The molecule has 0 aliphatic heterocycles. The van der Waals surface area contributed by atoms with Gasteiger partial charge in [-0.2, -0.15) is 0 Å². The van der Waals surface area contributed by atoms with Crippen LogP contribution in [-0.4, -0.2) is 27.2 Å². The van der Waals surface area contributed by atoms with Crippen molar-refractivity contribution >= 4 is 29.5 Å². The summed E-state index contributed by atoms with van der Waals surface area (Å²) in [4.78, 5) is 39.2. The Morgan fingerprint density at radius 3 is 2.71 bits per heavy atom. The van der Waals surface area contributed by atoms with Crippen molar-refractivity contribution in [2.24, 2.45) is 14.1 Å². The molecule has 0 radical (unpaired) electrons. The van der Waals surface area contributed by atoms with Gasteiger partial charge in [0, 0.05) is 20.3 Å². The number of aryl methyl sites for hydroxylation is 1. The predicted molar refractivity (Wildman–Crippen MR) is 79.3 cm³/mol. The average molecular weight is 307 g/mol. The molecule has 0 fully saturated rings. The maximum Gasteiger partial charge on any atom is 0.349 e. The van der Waals surface area contributed by atoms with E-state index in [1.807, 2.05) is 0 Å². The van der Waals surface area contributed by atoms with Gasteiger partial charge in [-0.1, -0.05) is 0 Å². The summed E-state index contributed by atoms with van der Waals surface area (Å²) in [5.41, 5.74) is -0.423. The number of hydrogen-bond donors (Lipinski definition) is 0. The molecule has 7 nitrogen and oxygen atoms in total. The Bertz CT molecular complexity index is 829. The highest BCUT2D eigenvalue weighted by Crippen LogP contribution is 2.16. The van der Waals surface area contributed by atoms with Crippen LogP contribution in [0.4, 0.5) is 0 Å². The highest BCUT2D eigenvalue weighted by Gasteiger charge is 2.09. The second-order valence-corrected chi connectivity index (χ2v) is 5.29. The molecule has 2 heterocycles. The average Bonchev–Trinajstić information content (AvgIpc) is 2.95. The Hall–Kier alpha value is -2.48. The molecule has 2 aromatic rings. The van der Waals surface area contributed by atoms with Crippen molar-refractivity contribution in [3.05, 3.63) is 48.7 Å². The minimum absolute atomic E-state index is 0.356. The molecule has 0 saturated heterocycles. The third-order valence-electron chi connectivity index (χ3n) is 2.79. The standard InChI is InChI=1S/C13H13N3O4S/c1-15-7-8(11(17)16(2)13(15)19)4-5-10-14-6-9(21-10)12(18)20-3/h4-7H,1-3H3/b5-4-. The lowest BCUT2D eigenvalue weighted by molar-refractivity contribution is 0.0606. The fraction of sp³-hybridized carbons (Fsp3) is 0.231. The van der Waals surface area contributed by atoms with Gasteiger partial charge in [0.25, 0.3) is 5.56 Å². The van der Waals surface area contributed by atoms with Crippen molar-refractivity contribution in [2.75, 3.05) is 7.11 Å². The van der Waals surface area contributed by atoms with E-state index in [-0.39, 0.29) is 11.2 Å². The summed E-state index contributed by atoms with van der Waals surface area (Å²) in [5.74, 6) is -0.454. The van der Waals surface area contributed by atoms with Crippen molar-refractivity contribution < 1.29 is 9.53 Å². The number of carbonyl (C=O) groups excluding carboxylic acids is 1. The summed E-state index contributed by atoms with van der Waals surface area (Å²) >= 11 is 1.15. The number of rotatable bonds is 3. The van der Waals surface area contributed by atoms with Crippen LogP contribution in [-0.2, 0) is 18.8 Å². The van der Waals surface area contributed by atoms with Crippen LogP contribution in [0, 0.1) is 0 Å². The number of aromatic nitrogens is 3. The lowest BCUT2D eigenvalue weighted by atomic mass is 10.3. The number of esters is 1. The molecule has 21 heavy (non-hydrogen) atoms. The second-order valence-electron chi connectivity index (χ2n) is 4.23. The normalized spacial score (nSPS) is 11.0. The zero-order valence-corrected chi connectivity index (χ0v) is 12.5. The number of ether oxygens (including phenoxy) is 1. The maximum atomic E-state index is 11.9. The van der Waals surface area contributed by atoms with Gasteiger partial charge in [0.05, 0.1) is 18.9 Å². The zero-order chi connectivity index (χ0) is 15.6. The molecular weight excluding hydrogens is 294 g/mol. The van der Waals surface area contributed by atoms with Crippen molar-refractivity contribution in [1.82, 2.24) is 14.1 Å². The number of hydrogen-bond acceptors (Lipinski definition) is 6. The Morgan fingerprint density at radius 2 is 2.05 bits per heavy atom. The van der Waals surface area contributed by atoms with Crippen molar-refractivity contribution in [1.29, 1.82) is 0 Å². The van der Waals surface area contributed by atoms with Crippen LogP contribution < -0.4 is 11.2 Å². The Labute approximate surface area is 123 Å². The molecule has 0 aliphatic carbocycles. The van der Waals surface area contributed by atoms with Crippen LogP contribution >= 0.6 is 11.3 Å². The lowest BCUT2D eigenvalue weighted by Gasteiger charge is -2.02. The summed E-state index contributed by atoms with van der Waals surface area (Å²) in [6, 6.07) is 0. The molecule has 8 heteroatoms. The smallest absolute Gasteiger partial charge is 0.349 e. The molecule has 0 saturated carbocycles. The van der Waals surface area contributed by atoms with E-state index in [0.717, 1.165) is 15.9 Å². The Kier molecular flexibility index (Phi) is 4.18. The minimum atomic E-state index is -0.454.